The number of hydrogen-bond donors (Lipinski definition) is 0. The van der Waals surface area contributed by atoms with Gasteiger partial charge < -0.3 is 0 Å². The average molecular weight is 364 g/mol. The van der Waals surface area contributed by atoms with Gasteiger partial charge in [-0.15, -0.1) is 0 Å². The van der Waals surface area contributed by atoms with Crippen molar-refractivity contribution in [2.24, 2.45) is 0 Å². The second-order valence-corrected chi connectivity index (χ2v) is 6.88. The summed E-state index contributed by atoms with van der Waals surface area (Å²) in [5.41, 5.74) is 3.16. The molecular weight excluding hydrogens is 344 g/mol. The van der Waals surface area contributed by atoms with Crippen LogP contribution in [-0.2, 0) is 12.8 Å². The third-order valence-electron chi connectivity index (χ3n) is 4.92. The molecular formula is C26H20O2. The van der Waals surface area contributed by atoms with Gasteiger partial charge in [-0.2, -0.15) is 0 Å². The minimum absolute atomic E-state index is 0.0248. The van der Waals surface area contributed by atoms with Crippen LogP contribution >= 0.6 is 0 Å². The lowest BCUT2D eigenvalue weighted by Crippen LogP contribution is -2.09. The predicted molar refractivity (Wildman–Crippen MR) is 113 cm³/mol. The van der Waals surface area contributed by atoms with Crippen molar-refractivity contribution >= 4 is 22.3 Å². The number of benzene rings is 4. The maximum atomic E-state index is 13.0. The van der Waals surface area contributed by atoms with Crippen molar-refractivity contribution in [2.75, 3.05) is 0 Å². The zero-order valence-electron chi connectivity index (χ0n) is 15.5. The smallest absolute Gasteiger partial charge is 0.167 e. The standard InChI is InChI=1S/C26H20O2/c27-24(17-19-9-3-1-4-10-19)22-15-7-13-21-14-8-16-23(26(21)22)25(28)18-20-11-5-2-6-12-20/h1-16H,17-18H2. The van der Waals surface area contributed by atoms with Gasteiger partial charge in [-0.05, 0) is 16.5 Å². The van der Waals surface area contributed by atoms with E-state index in [0.29, 0.717) is 24.0 Å². The molecule has 0 N–H and O–H groups in total. The molecule has 0 saturated carbocycles. The Kier molecular flexibility index (Phi) is 5.11. The molecule has 0 radical (unpaired) electrons. The quantitative estimate of drug-likeness (QED) is 0.412. The molecule has 0 bridgehead atoms. The summed E-state index contributed by atoms with van der Waals surface area (Å²) in [6.07, 6.45) is 0.641. The second kappa shape index (κ2) is 8.01. The molecule has 0 fully saturated rings. The number of ketones is 2. The normalized spacial score (nSPS) is 10.7. The first kappa shape index (κ1) is 17.9. The number of hydrogen-bond acceptors (Lipinski definition) is 2. The van der Waals surface area contributed by atoms with Gasteiger partial charge in [0.25, 0.3) is 0 Å². The van der Waals surface area contributed by atoms with Gasteiger partial charge in [0.05, 0.1) is 0 Å². The molecule has 0 aliphatic carbocycles. The Morgan fingerprint density at radius 2 is 0.929 bits per heavy atom. The van der Waals surface area contributed by atoms with Crippen molar-refractivity contribution in [1.29, 1.82) is 0 Å². The van der Waals surface area contributed by atoms with Gasteiger partial charge in [-0.3, -0.25) is 9.59 Å². The van der Waals surface area contributed by atoms with E-state index >= 15 is 0 Å². The summed E-state index contributed by atoms with van der Waals surface area (Å²) >= 11 is 0. The van der Waals surface area contributed by atoms with E-state index in [-0.39, 0.29) is 11.6 Å². The van der Waals surface area contributed by atoms with E-state index in [1.54, 1.807) is 0 Å². The molecule has 0 unspecified atom stereocenters. The predicted octanol–water partition coefficient (Wildman–Crippen LogP) is 5.69. The third kappa shape index (κ3) is 3.77. The Balaban J connectivity index is 1.74. The van der Waals surface area contributed by atoms with E-state index in [2.05, 4.69) is 0 Å². The van der Waals surface area contributed by atoms with Crippen LogP contribution in [0.15, 0.2) is 97.1 Å². The molecule has 0 saturated heterocycles. The number of rotatable bonds is 6. The zero-order chi connectivity index (χ0) is 19.3. The lowest BCUT2D eigenvalue weighted by atomic mass is 9.91. The Hall–Kier alpha value is -3.52. The van der Waals surface area contributed by atoms with Crippen LogP contribution in [0.4, 0.5) is 0 Å². The van der Waals surface area contributed by atoms with Crippen LogP contribution in [0.2, 0.25) is 0 Å². The van der Waals surface area contributed by atoms with Gasteiger partial charge in [0, 0.05) is 29.4 Å². The molecule has 0 amide bonds. The zero-order valence-corrected chi connectivity index (χ0v) is 15.5. The summed E-state index contributed by atoms with van der Waals surface area (Å²) in [4.78, 5) is 26.1. The Morgan fingerprint density at radius 3 is 1.36 bits per heavy atom. The molecule has 2 nitrogen and oxygen atoms in total. The SMILES string of the molecule is O=C(Cc1ccccc1)c1cccc2cccc(C(=O)Cc3ccccc3)c12. The first-order chi connectivity index (χ1) is 13.7. The topological polar surface area (TPSA) is 34.1 Å². The highest BCUT2D eigenvalue weighted by Crippen LogP contribution is 2.26. The third-order valence-corrected chi connectivity index (χ3v) is 4.92. The molecule has 4 aromatic carbocycles. The lowest BCUT2D eigenvalue weighted by molar-refractivity contribution is 0.0991. The monoisotopic (exact) mass is 364 g/mol. The molecule has 0 spiro atoms. The van der Waals surface area contributed by atoms with Gasteiger partial charge in [-0.25, -0.2) is 0 Å². The average Bonchev–Trinajstić information content (AvgIpc) is 2.74. The Labute approximate surface area is 164 Å². The van der Waals surface area contributed by atoms with Gasteiger partial charge in [-0.1, -0.05) is 97.1 Å². The maximum absolute atomic E-state index is 13.0. The molecule has 0 heterocycles. The lowest BCUT2D eigenvalue weighted by Gasteiger charge is -2.11. The van der Waals surface area contributed by atoms with Crippen molar-refractivity contribution in [3.05, 3.63) is 119 Å². The summed E-state index contributed by atoms with van der Waals surface area (Å²) in [5, 5.41) is 1.67. The summed E-state index contributed by atoms with van der Waals surface area (Å²) < 4.78 is 0. The summed E-state index contributed by atoms with van der Waals surface area (Å²) in [5.74, 6) is 0.0496. The van der Waals surface area contributed by atoms with E-state index < -0.39 is 0 Å². The fraction of sp³-hybridized carbons (Fsp3) is 0.0769. The molecule has 0 aliphatic heterocycles. The minimum atomic E-state index is 0.0248. The molecule has 2 heteroatoms. The van der Waals surface area contributed by atoms with E-state index in [4.69, 9.17) is 0 Å². The first-order valence-corrected chi connectivity index (χ1v) is 9.38. The Morgan fingerprint density at radius 1 is 0.500 bits per heavy atom. The van der Waals surface area contributed by atoms with E-state index in [0.717, 1.165) is 21.9 Å². The van der Waals surface area contributed by atoms with Gasteiger partial charge in [0.1, 0.15) is 0 Å². The maximum Gasteiger partial charge on any atom is 0.167 e. The largest absolute Gasteiger partial charge is 0.294 e. The summed E-state index contributed by atoms with van der Waals surface area (Å²) in [6, 6.07) is 30.7. The minimum Gasteiger partial charge on any atom is -0.294 e. The highest BCUT2D eigenvalue weighted by Gasteiger charge is 2.17. The van der Waals surface area contributed by atoms with Crippen molar-refractivity contribution in [2.45, 2.75) is 12.8 Å². The van der Waals surface area contributed by atoms with Crippen molar-refractivity contribution in [1.82, 2.24) is 0 Å². The first-order valence-electron chi connectivity index (χ1n) is 9.38. The van der Waals surface area contributed by atoms with E-state index in [9.17, 15) is 9.59 Å². The molecule has 0 atom stereocenters. The molecule has 0 aliphatic rings. The van der Waals surface area contributed by atoms with Crippen LogP contribution in [0.25, 0.3) is 10.8 Å². The van der Waals surface area contributed by atoms with Crippen LogP contribution in [0, 0.1) is 0 Å². The molecule has 4 rings (SSSR count). The van der Waals surface area contributed by atoms with Gasteiger partial charge >= 0.3 is 0 Å². The second-order valence-electron chi connectivity index (χ2n) is 6.88. The Bertz CT molecular complexity index is 1040. The van der Waals surface area contributed by atoms with Crippen molar-refractivity contribution < 1.29 is 9.59 Å². The summed E-state index contributed by atoms with van der Waals surface area (Å²) in [7, 11) is 0. The van der Waals surface area contributed by atoms with Crippen molar-refractivity contribution in [3.63, 3.8) is 0 Å². The van der Waals surface area contributed by atoms with Crippen LogP contribution < -0.4 is 0 Å². The molecule has 0 aromatic heterocycles. The highest BCUT2D eigenvalue weighted by atomic mass is 16.1. The van der Waals surface area contributed by atoms with Crippen LogP contribution in [0.1, 0.15) is 31.8 Å². The van der Waals surface area contributed by atoms with Crippen LogP contribution in [0.5, 0.6) is 0 Å². The summed E-state index contributed by atoms with van der Waals surface area (Å²) in [6.45, 7) is 0. The van der Waals surface area contributed by atoms with Crippen LogP contribution in [-0.4, -0.2) is 11.6 Å². The van der Waals surface area contributed by atoms with Gasteiger partial charge in [0.15, 0.2) is 11.6 Å². The number of Topliss-reactive ketones (excluding diaryl/α,β-unsaturated/α-hetero) is 2. The van der Waals surface area contributed by atoms with Gasteiger partial charge in [0.2, 0.25) is 0 Å². The number of fused-ring (bicyclic) bond motifs is 1. The van der Waals surface area contributed by atoms with E-state index in [1.165, 1.54) is 0 Å². The number of carbonyl (C=O) groups is 2. The highest BCUT2D eigenvalue weighted by molar-refractivity contribution is 6.17. The van der Waals surface area contributed by atoms with Crippen LogP contribution in [0.3, 0.4) is 0 Å². The molecule has 28 heavy (non-hydrogen) atoms. The molecule has 4 aromatic rings. The van der Waals surface area contributed by atoms with Crippen molar-refractivity contribution in [3.8, 4) is 0 Å². The fourth-order valence-electron chi connectivity index (χ4n) is 3.56. The number of carbonyl (C=O) groups excluding carboxylic acids is 2. The fourth-order valence-corrected chi connectivity index (χ4v) is 3.56. The van der Waals surface area contributed by atoms with E-state index in [1.807, 2.05) is 97.1 Å². The molecule has 136 valence electrons.